The molecule has 0 spiro atoms. The highest BCUT2D eigenvalue weighted by molar-refractivity contribution is 5.27. The minimum atomic E-state index is -0.207. The van der Waals surface area contributed by atoms with E-state index >= 15 is 0 Å². The molecule has 1 atom stereocenters. The van der Waals surface area contributed by atoms with E-state index in [4.69, 9.17) is 11.5 Å². The molecule has 19 heavy (non-hydrogen) atoms. The van der Waals surface area contributed by atoms with Crippen molar-refractivity contribution in [2.24, 2.45) is 11.5 Å². The molecule has 0 saturated heterocycles. The number of nitrogens with two attached hydrogens (primary N) is 2. The Morgan fingerprint density at radius 2 is 1.68 bits per heavy atom. The van der Waals surface area contributed by atoms with E-state index in [1.54, 1.807) is 0 Å². The summed E-state index contributed by atoms with van der Waals surface area (Å²) in [5, 5.41) is 0. The number of benzene rings is 1. The van der Waals surface area contributed by atoms with Crippen molar-refractivity contribution in [3.05, 3.63) is 35.4 Å². The Bertz CT molecular complexity index is 383. The van der Waals surface area contributed by atoms with E-state index in [-0.39, 0.29) is 11.6 Å². The maximum Gasteiger partial charge on any atom is 0.0312 e. The van der Waals surface area contributed by atoms with Gasteiger partial charge in [0, 0.05) is 11.6 Å². The fraction of sp³-hybridized carbons (Fsp3) is 0.647. The summed E-state index contributed by atoms with van der Waals surface area (Å²) in [7, 11) is 0. The highest BCUT2D eigenvalue weighted by Crippen LogP contribution is 2.33. The van der Waals surface area contributed by atoms with Gasteiger partial charge in [-0.3, -0.25) is 0 Å². The van der Waals surface area contributed by atoms with Crippen LogP contribution in [-0.4, -0.2) is 5.54 Å². The molecule has 0 aliphatic heterocycles. The summed E-state index contributed by atoms with van der Waals surface area (Å²) in [4.78, 5) is 0. The predicted octanol–water partition coefficient (Wildman–Crippen LogP) is 3.86. The summed E-state index contributed by atoms with van der Waals surface area (Å²) in [5.74, 6) is 0.768. The van der Waals surface area contributed by atoms with Gasteiger partial charge in [-0.1, -0.05) is 43.5 Å². The summed E-state index contributed by atoms with van der Waals surface area (Å²) >= 11 is 0. The van der Waals surface area contributed by atoms with E-state index in [2.05, 4.69) is 24.3 Å². The van der Waals surface area contributed by atoms with Crippen LogP contribution in [0, 0.1) is 0 Å². The first-order valence-corrected chi connectivity index (χ1v) is 7.60. The standard InChI is InChI=1S/C17H28N2/c1-17(2,19)12-16(18)15-10-8-14(9-11-15)13-6-4-3-5-7-13/h8-11,13,16H,3-7,12,18-19H2,1-2H3. The Morgan fingerprint density at radius 3 is 2.21 bits per heavy atom. The topological polar surface area (TPSA) is 52.0 Å². The molecular weight excluding hydrogens is 232 g/mol. The van der Waals surface area contributed by atoms with Crippen LogP contribution in [0.5, 0.6) is 0 Å². The van der Waals surface area contributed by atoms with Crippen LogP contribution in [0.2, 0.25) is 0 Å². The lowest BCUT2D eigenvalue weighted by Gasteiger charge is -2.25. The van der Waals surface area contributed by atoms with Gasteiger partial charge in [-0.15, -0.1) is 0 Å². The fourth-order valence-corrected chi connectivity index (χ4v) is 3.14. The zero-order valence-corrected chi connectivity index (χ0v) is 12.4. The second-order valence-corrected chi connectivity index (χ2v) is 6.80. The van der Waals surface area contributed by atoms with Gasteiger partial charge in [-0.25, -0.2) is 0 Å². The molecule has 0 aromatic heterocycles. The molecule has 106 valence electrons. The smallest absolute Gasteiger partial charge is 0.0312 e. The number of rotatable bonds is 4. The normalized spacial score (nSPS) is 19.4. The van der Waals surface area contributed by atoms with Crippen molar-refractivity contribution in [3.8, 4) is 0 Å². The molecule has 0 bridgehead atoms. The molecule has 1 fully saturated rings. The van der Waals surface area contributed by atoms with Crippen molar-refractivity contribution in [2.75, 3.05) is 0 Å². The fourth-order valence-electron chi connectivity index (χ4n) is 3.14. The third kappa shape index (κ3) is 4.32. The van der Waals surface area contributed by atoms with Crippen LogP contribution in [0.25, 0.3) is 0 Å². The third-order valence-electron chi connectivity index (χ3n) is 4.19. The molecule has 1 aliphatic rings. The van der Waals surface area contributed by atoms with Crippen molar-refractivity contribution in [2.45, 2.75) is 69.9 Å². The lowest BCUT2D eigenvalue weighted by Crippen LogP contribution is -2.35. The Morgan fingerprint density at radius 1 is 1.11 bits per heavy atom. The van der Waals surface area contributed by atoms with Crippen LogP contribution in [0.4, 0.5) is 0 Å². The molecule has 2 heteroatoms. The second-order valence-electron chi connectivity index (χ2n) is 6.80. The maximum atomic E-state index is 6.23. The maximum absolute atomic E-state index is 6.23. The molecule has 1 saturated carbocycles. The molecule has 2 rings (SSSR count). The Kier molecular flexibility index (Phi) is 4.64. The molecule has 1 aromatic carbocycles. The van der Waals surface area contributed by atoms with Gasteiger partial charge >= 0.3 is 0 Å². The highest BCUT2D eigenvalue weighted by Gasteiger charge is 2.19. The monoisotopic (exact) mass is 260 g/mol. The predicted molar refractivity (Wildman–Crippen MR) is 82.1 cm³/mol. The lowest BCUT2D eigenvalue weighted by molar-refractivity contribution is 0.428. The lowest BCUT2D eigenvalue weighted by atomic mass is 9.83. The van der Waals surface area contributed by atoms with Crippen LogP contribution >= 0.6 is 0 Å². The van der Waals surface area contributed by atoms with Gasteiger partial charge in [0.2, 0.25) is 0 Å². The minimum absolute atomic E-state index is 0.0420. The molecule has 2 nitrogen and oxygen atoms in total. The molecule has 0 heterocycles. The first kappa shape index (κ1) is 14.5. The van der Waals surface area contributed by atoms with Gasteiger partial charge in [0.05, 0.1) is 0 Å². The van der Waals surface area contributed by atoms with Gasteiger partial charge < -0.3 is 11.5 Å². The van der Waals surface area contributed by atoms with E-state index in [0.717, 1.165) is 12.3 Å². The number of hydrogen-bond donors (Lipinski definition) is 2. The summed E-state index contributed by atoms with van der Waals surface area (Å²) in [6.07, 6.45) is 7.68. The zero-order chi connectivity index (χ0) is 13.9. The Labute approximate surface area is 117 Å². The van der Waals surface area contributed by atoms with Gasteiger partial charge in [0.25, 0.3) is 0 Å². The SMILES string of the molecule is CC(C)(N)CC(N)c1ccc(C2CCCCC2)cc1. The average molecular weight is 260 g/mol. The average Bonchev–Trinajstić information content (AvgIpc) is 2.38. The van der Waals surface area contributed by atoms with Crippen molar-refractivity contribution < 1.29 is 0 Å². The van der Waals surface area contributed by atoms with Gasteiger partial charge in [-0.2, -0.15) is 0 Å². The van der Waals surface area contributed by atoms with Crippen LogP contribution in [-0.2, 0) is 0 Å². The first-order valence-electron chi connectivity index (χ1n) is 7.60. The summed E-state index contributed by atoms with van der Waals surface area (Å²) in [6.45, 7) is 4.06. The summed E-state index contributed by atoms with van der Waals surface area (Å²) < 4.78 is 0. The van der Waals surface area contributed by atoms with Gasteiger partial charge in [0.1, 0.15) is 0 Å². The van der Waals surface area contributed by atoms with Crippen molar-refractivity contribution >= 4 is 0 Å². The molecule has 4 N–H and O–H groups in total. The molecule has 0 amide bonds. The minimum Gasteiger partial charge on any atom is -0.325 e. The molecule has 1 aliphatic carbocycles. The van der Waals surface area contributed by atoms with Crippen molar-refractivity contribution in [1.82, 2.24) is 0 Å². The quantitative estimate of drug-likeness (QED) is 0.863. The summed E-state index contributed by atoms with van der Waals surface area (Å²) in [6, 6.07) is 8.98. The van der Waals surface area contributed by atoms with E-state index in [0.29, 0.717) is 0 Å². The highest BCUT2D eigenvalue weighted by atomic mass is 14.7. The largest absolute Gasteiger partial charge is 0.325 e. The van der Waals surface area contributed by atoms with E-state index in [1.165, 1.54) is 43.2 Å². The van der Waals surface area contributed by atoms with E-state index in [1.807, 2.05) is 13.8 Å². The Hall–Kier alpha value is -0.860. The molecular formula is C17H28N2. The van der Waals surface area contributed by atoms with Crippen LogP contribution in [0.15, 0.2) is 24.3 Å². The second kappa shape index (κ2) is 6.06. The zero-order valence-electron chi connectivity index (χ0n) is 12.4. The number of hydrogen-bond acceptors (Lipinski definition) is 2. The van der Waals surface area contributed by atoms with Crippen LogP contribution < -0.4 is 11.5 Å². The van der Waals surface area contributed by atoms with Crippen molar-refractivity contribution in [1.29, 1.82) is 0 Å². The third-order valence-corrected chi connectivity index (χ3v) is 4.19. The Balaban J connectivity index is 2.01. The van der Waals surface area contributed by atoms with Crippen LogP contribution in [0.3, 0.4) is 0 Å². The first-order chi connectivity index (χ1) is 8.96. The van der Waals surface area contributed by atoms with E-state index in [9.17, 15) is 0 Å². The van der Waals surface area contributed by atoms with Crippen LogP contribution in [0.1, 0.15) is 75.5 Å². The molecule has 0 radical (unpaired) electrons. The molecule has 1 unspecified atom stereocenters. The van der Waals surface area contributed by atoms with Gasteiger partial charge in [0.15, 0.2) is 0 Å². The summed E-state index contributed by atoms with van der Waals surface area (Å²) in [5.41, 5.74) is 14.8. The molecule has 1 aromatic rings. The van der Waals surface area contributed by atoms with Gasteiger partial charge in [-0.05, 0) is 50.2 Å². The van der Waals surface area contributed by atoms with E-state index < -0.39 is 0 Å². The van der Waals surface area contributed by atoms with Crippen molar-refractivity contribution in [3.63, 3.8) is 0 Å².